The lowest BCUT2D eigenvalue weighted by atomic mass is 10.3. The smallest absolute Gasteiger partial charge is 0.229 e. The third-order valence-electron chi connectivity index (χ3n) is 4.71. The summed E-state index contributed by atoms with van der Waals surface area (Å²) in [6, 6.07) is 15.4. The second kappa shape index (κ2) is 10.8. The maximum atomic E-state index is 13.2. The summed E-state index contributed by atoms with van der Waals surface area (Å²) in [5.41, 5.74) is 0.793. The molecule has 0 bridgehead atoms. The van der Waals surface area contributed by atoms with Gasteiger partial charge < -0.3 is 4.74 Å². The number of halogens is 1. The molecule has 0 atom stereocenters. The van der Waals surface area contributed by atoms with E-state index in [-0.39, 0.29) is 5.91 Å². The third-order valence-corrected chi connectivity index (χ3v) is 7.02. The molecule has 0 aliphatic heterocycles. The maximum Gasteiger partial charge on any atom is 0.229 e. The van der Waals surface area contributed by atoms with Crippen molar-refractivity contribution in [2.24, 2.45) is 0 Å². The van der Waals surface area contributed by atoms with E-state index in [9.17, 15) is 4.79 Å². The van der Waals surface area contributed by atoms with Crippen LogP contribution in [0.15, 0.2) is 65.8 Å². The highest BCUT2D eigenvalue weighted by Crippen LogP contribution is 2.34. The number of amides is 1. The highest BCUT2D eigenvalue weighted by atomic mass is 35.5. The van der Waals surface area contributed by atoms with E-state index < -0.39 is 0 Å². The standard InChI is InChI=1S/C23H23ClN4O2S2/c1-2-30-19-5-3-6-20-22(19)26-23(32-20)28(15-14-27-13-4-12-25-27)21(29)11-16-31-18-9-7-17(24)8-10-18/h3-10,12-13H,2,11,14-16H2,1H3. The van der Waals surface area contributed by atoms with Gasteiger partial charge in [0.1, 0.15) is 11.3 Å². The number of carbonyl (C=O) groups is 1. The Morgan fingerprint density at radius 3 is 2.81 bits per heavy atom. The minimum Gasteiger partial charge on any atom is -0.492 e. The van der Waals surface area contributed by atoms with Gasteiger partial charge in [-0.25, -0.2) is 4.98 Å². The fourth-order valence-electron chi connectivity index (χ4n) is 3.18. The van der Waals surface area contributed by atoms with Gasteiger partial charge >= 0.3 is 0 Å². The van der Waals surface area contributed by atoms with Gasteiger partial charge in [-0.05, 0) is 49.4 Å². The second-order valence-corrected chi connectivity index (χ2v) is 9.51. The van der Waals surface area contributed by atoms with Crippen molar-refractivity contribution in [1.29, 1.82) is 0 Å². The van der Waals surface area contributed by atoms with Gasteiger partial charge in [0.2, 0.25) is 5.91 Å². The van der Waals surface area contributed by atoms with Gasteiger partial charge in [-0.1, -0.05) is 29.0 Å². The molecule has 166 valence electrons. The number of para-hydroxylation sites is 1. The number of hydrogen-bond acceptors (Lipinski definition) is 6. The Kier molecular flexibility index (Phi) is 7.68. The number of nitrogens with zero attached hydrogens (tertiary/aromatic N) is 4. The average molecular weight is 487 g/mol. The molecule has 2 aromatic carbocycles. The third kappa shape index (κ3) is 5.62. The number of hydrogen-bond donors (Lipinski definition) is 0. The minimum atomic E-state index is 0.0376. The van der Waals surface area contributed by atoms with Crippen molar-refractivity contribution in [3.63, 3.8) is 0 Å². The topological polar surface area (TPSA) is 60.2 Å². The van der Waals surface area contributed by atoms with E-state index in [1.165, 1.54) is 11.3 Å². The SMILES string of the molecule is CCOc1cccc2sc(N(CCn3cccn3)C(=O)CCSc3ccc(Cl)cc3)nc12. The summed E-state index contributed by atoms with van der Waals surface area (Å²) in [7, 11) is 0. The minimum absolute atomic E-state index is 0.0376. The summed E-state index contributed by atoms with van der Waals surface area (Å²) in [6.07, 6.45) is 4.03. The molecule has 0 saturated carbocycles. The second-order valence-electron chi connectivity index (χ2n) is 6.90. The molecule has 0 saturated heterocycles. The van der Waals surface area contributed by atoms with Crippen molar-refractivity contribution >= 4 is 56.0 Å². The van der Waals surface area contributed by atoms with Crippen LogP contribution in [0.25, 0.3) is 10.2 Å². The summed E-state index contributed by atoms with van der Waals surface area (Å²) < 4.78 is 8.55. The summed E-state index contributed by atoms with van der Waals surface area (Å²) in [5, 5.41) is 5.65. The molecular weight excluding hydrogens is 464 g/mol. The first-order valence-electron chi connectivity index (χ1n) is 10.3. The summed E-state index contributed by atoms with van der Waals surface area (Å²) in [6.45, 7) is 3.60. The molecule has 2 aromatic heterocycles. The number of thioether (sulfide) groups is 1. The van der Waals surface area contributed by atoms with Gasteiger partial charge in [-0.15, -0.1) is 11.8 Å². The first-order chi connectivity index (χ1) is 15.6. The normalized spacial score (nSPS) is 11.1. The lowest BCUT2D eigenvalue weighted by Gasteiger charge is -2.20. The summed E-state index contributed by atoms with van der Waals surface area (Å²) >= 11 is 9.10. The highest BCUT2D eigenvalue weighted by Gasteiger charge is 2.21. The molecule has 32 heavy (non-hydrogen) atoms. The molecule has 0 fully saturated rings. The van der Waals surface area contributed by atoms with Crippen LogP contribution in [-0.2, 0) is 11.3 Å². The van der Waals surface area contributed by atoms with E-state index in [1.54, 1.807) is 22.9 Å². The van der Waals surface area contributed by atoms with Crippen molar-refractivity contribution < 1.29 is 9.53 Å². The van der Waals surface area contributed by atoms with Crippen LogP contribution >= 0.6 is 34.7 Å². The largest absolute Gasteiger partial charge is 0.492 e. The zero-order valence-electron chi connectivity index (χ0n) is 17.6. The zero-order valence-corrected chi connectivity index (χ0v) is 20.0. The molecule has 0 N–H and O–H groups in total. The molecule has 1 amide bonds. The molecule has 6 nitrogen and oxygen atoms in total. The highest BCUT2D eigenvalue weighted by molar-refractivity contribution is 7.99. The van der Waals surface area contributed by atoms with E-state index in [0.717, 1.165) is 20.9 Å². The van der Waals surface area contributed by atoms with Crippen molar-refractivity contribution in [3.05, 3.63) is 65.9 Å². The Morgan fingerprint density at radius 2 is 2.06 bits per heavy atom. The van der Waals surface area contributed by atoms with E-state index in [2.05, 4.69) is 5.10 Å². The molecular formula is C23H23ClN4O2S2. The molecule has 0 aliphatic rings. The fourth-order valence-corrected chi connectivity index (χ4v) is 5.18. The Morgan fingerprint density at radius 1 is 1.22 bits per heavy atom. The average Bonchev–Trinajstić information content (AvgIpc) is 3.46. The number of aromatic nitrogens is 3. The van der Waals surface area contributed by atoms with E-state index in [4.69, 9.17) is 21.3 Å². The number of anilines is 1. The van der Waals surface area contributed by atoms with Crippen LogP contribution in [0.3, 0.4) is 0 Å². The summed E-state index contributed by atoms with van der Waals surface area (Å²) in [5.74, 6) is 1.45. The summed E-state index contributed by atoms with van der Waals surface area (Å²) in [4.78, 5) is 20.9. The van der Waals surface area contributed by atoms with Crippen LogP contribution in [0.4, 0.5) is 5.13 Å². The van der Waals surface area contributed by atoms with Crippen molar-refractivity contribution in [3.8, 4) is 5.75 Å². The Balaban J connectivity index is 1.51. The van der Waals surface area contributed by atoms with E-state index in [1.807, 2.05) is 66.3 Å². The van der Waals surface area contributed by atoms with E-state index >= 15 is 0 Å². The van der Waals surface area contributed by atoms with Gasteiger partial charge in [-0.2, -0.15) is 5.10 Å². The maximum absolute atomic E-state index is 13.2. The Bertz CT molecular complexity index is 1160. The Labute approximate surface area is 200 Å². The van der Waals surface area contributed by atoms with Crippen molar-refractivity contribution in [2.75, 3.05) is 23.8 Å². The van der Waals surface area contributed by atoms with Gasteiger partial charge in [0.15, 0.2) is 5.13 Å². The monoisotopic (exact) mass is 486 g/mol. The molecule has 4 rings (SSSR count). The number of ether oxygens (including phenoxy) is 1. The quantitative estimate of drug-likeness (QED) is 0.267. The van der Waals surface area contributed by atoms with Crippen molar-refractivity contribution in [2.45, 2.75) is 24.8 Å². The van der Waals surface area contributed by atoms with Crippen LogP contribution in [0.5, 0.6) is 5.75 Å². The predicted octanol–water partition coefficient (Wildman–Crippen LogP) is 5.76. The van der Waals surface area contributed by atoms with Crippen LogP contribution < -0.4 is 9.64 Å². The van der Waals surface area contributed by atoms with Gasteiger partial charge in [0.25, 0.3) is 0 Å². The van der Waals surface area contributed by atoms with Crippen LogP contribution in [-0.4, -0.2) is 39.6 Å². The van der Waals surface area contributed by atoms with Crippen molar-refractivity contribution in [1.82, 2.24) is 14.8 Å². The van der Waals surface area contributed by atoms with Gasteiger partial charge in [-0.3, -0.25) is 14.4 Å². The van der Waals surface area contributed by atoms with Crippen LogP contribution in [0, 0.1) is 0 Å². The molecule has 0 radical (unpaired) electrons. The number of benzene rings is 2. The fraction of sp³-hybridized carbons (Fsp3) is 0.261. The first-order valence-corrected chi connectivity index (χ1v) is 12.5. The van der Waals surface area contributed by atoms with Gasteiger partial charge in [0.05, 0.1) is 17.9 Å². The van der Waals surface area contributed by atoms with Crippen LogP contribution in [0.1, 0.15) is 13.3 Å². The van der Waals surface area contributed by atoms with Gasteiger partial charge in [0, 0.05) is 41.0 Å². The van der Waals surface area contributed by atoms with Crippen LogP contribution in [0.2, 0.25) is 5.02 Å². The lowest BCUT2D eigenvalue weighted by Crippen LogP contribution is -2.34. The Hall–Kier alpha value is -2.55. The first kappa shape index (κ1) is 22.6. The number of fused-ring (bicyclic) bond motifs is 1. The molecule has 4 aromatic rings. The number of thiazole rings is 1. The molecule has 0 unspecified atom stereocenters. The molecule has 9 heteroatoms. The zero-order chi connectivity index (χ0) is 22.3. The number of carbonyl (C=O) groups excluding carboxylic acids is 1. The van der Waals surface area contributed by atoms with E-state index in [0.29, 0.717) is 42.0 Å². The lowest BCUT2D eigenvalue weighted by molar-refractivity contribution is -0.118. The molecule has 0 spiro atoms. The molecule has 0 aliphatic carbocycles. The molecule has 2 heterocycles. The number of rotatable bonds is 10. The predicted molar refractivity (Wildman–Crippen MR) is 132 cm³/mol.